The van der Waals surface area contributed by atoms with E-state index < -0.39 is 5.60 Å². The first-order valence-electron chi connectivity index (χ1n) is 12.1. The van der Waals surface area contributed by atoms with Crippen LogP contribution >= 0.6 is 0 Å². The fraction of sp³-hybridized carbons (Fsp3) is 0.367. The number of cyclic esters (lactones) is 1. The van der Waals surface area contributed by atoms with Crippen LogP contribution in [-0.2, 0) is 17.7 Å². The van der Waals surface area contributed by atoms with Crippen molar-refractivity contribution in [2.75, 3.05) is 7.11 Å². The van der Waals surface area contributed by atoms with Crippen molar-refractivity contribution in [1.82, 2.24) is 4.90 Å². The Kier molecular flexibility index (Phi) is 6.88. The lowest BCUT2D eigenvalue weighted by atomic mass is 9.90. The van der Waals surface area contributed by atoms with Crippen LogP contribution in [0.5, 0.6) is 5.75 Å². The van der Waals surface area contributed by atoms with Gasteiger partial charge in [0.15, 0.2) is 0 Å². The number of rotatable bonds is 7. The topological polar surface area (TPSA) is 38.8 Å². The maximum absolute atomic E-state index is 14.7. The molecule has 4 nitrogen and oxygen atoms in total. The zero-order valence-corrected chi connectivity index (χ0v) is 21.4. The molecule has 1 atom stereocenters. The Balaban J connectivity index is 1.77. The predicted molar refractivity (Wildman–Crippen MR) is 137 cm³/mol. The van der Waals surface area contributed by atoms with Crippen molar-refractivity contribution in [1.29, 1.82) is 0 Å². The second-order valence-electron chi connectivity index (χ2n) is 10.2. The highest BCUT2D eigenvalue weighted by Crippen LogP contribution is 2.39. The molecule has 0 saturated carbocycles. The van der Waals surface area contributed by atoms with Crippen molar-refractivity contribution in [2.45, 2.75) is 65.1 Å². The normalized spacial score (nSPS) is 17.1. The molecule has 1 heterocycles. The lowest BCUT2D eigenvalue weighted by molar-refractivity contribution is 0.0675. The number of carbonyl (C=O) groups excluding carboxylic acids is 1. The first-order chi connectivity index (χ1) is 16.6. The molecule has 0 N–H and O–H groups in total. The van der Waals surface area contributed by atoms with E-state index in [1.54, 1.807) is 7.11 Å². The molecule has 3 aromatic rings. The molecule has 1 aliphatic rings. The number of aryl methyl sites for hydroxylation is 1. The van der Waals surface area contributed by atoms with Gasteiger partial charge in [-0.15, -0.1) is 0 Å². The molecule has 1 fully saturated rings. The average molecular weight is 476 g/mol. The van der Waals surface area contributed by atoms with Crippen molar-refractivity contribution in [3.8, 4) is 16.9 Å². The van der Waals surface area contributed by atoms with Gasteiger partial charge in [-0.3, -0.25) is 4.90 Å². The third kappa shape index (κ3) is 5.04. The molecule has 4 rings (SSSR count). The summed E-state index contributed by atoms with van der Waals surface area (Å²) in [5, 5.41) is 0. The van der Waals surface area contributed by atoms with Crippen LogP contribution < -0.4 is 4.74 Å². The summed E-state index contributed by atoms with van der Waals surface area (Å²) in [5.74, 6) is 0.224. The van der Waals surface area contributed by atoms with Gasteiger partial charge in [-0.25, -0.2) is 9.18 Å². The van der Waals surface area contributed by atoms with E-state index in [4.69, 9.17) is 9.47 Å². The van der Waals surface area contributed by atoms with E-state index >= 15 is 0 Å². The Morgan fingerprint density at radius 3 is 2.43 bits per heavy atom. The molecule has 3 aromatic carbocycles. The van der Waals surface area contributed by atoms with Crippen LogP contribution in [0.25, 0.3) is 11.1 Å². The second-order valence-corrected chi connectivity index (χ2v) is 10.2. The van der Waals surface area contributed by atoms with Gasteiger partial charge in [0.1, 0.15) is 17.2 Å². The number of nitrogens with zero attached hydrogens (tertiary/aromatic N) is 1. The van der Waals surface area contributed by atoms with Crippen LogP contribution in [0.1, 0.15) is 55.9 Å². The summed E-state index contributed by atoms with van der Waals surface area (Å²) in [6.07, 6.45) is 0.371. The van der Waals surface area contributed by atoms with Gasteiger partial charge in [0.2, 0.25) is 0 Å². The first kappa shape index (κ1) is 24.8. The SMILES string of the molecule is COc1cc(F)c(C(C)C)cc1-c1ccc(C)cc1CN1C(=O)OC(C)(C)[C@@H]1Cc1ccccc1. The molecule has 0 unspecified atom stereocenters. The third-order valence-corrected chi connectivity index (χ3v) is 6.87. The molecule has 1 amide bonds. The number of benzene rings is 3. The number of hydrogen-bond acceptors (Lipinski definition) is 3. The van der Waals surface area contributed by atoms with Gasteiger partial charge in [-0.2, -0.15) is 0 Å². The monoisotopic (exact) mass is 475 g/mol. The Labute approximate surface area is 207 Å². The number of ether oxygens (including phenoxy) is 2. The van der Waals surface area contributed by atoms with Crippen LogP contribution in [0.3, 0.4) is 0 Å². The Hall–Kier alpha value is -3.34. The third-order valence-electron chi connectivity index (χ3n) is 6.87. The molecule has 0 aromatic heterocycles. The van der Waals surface area contributed by atoms with Gasteiger partial charge in [0.05, 0.1) is 19.7 Å². The summed E-state index contributed by atoms with van der Waals surface area (Å²) < 4.78 is 26.1. The van der Waals surface area contributed by atoms with Crippen molar-refractivity contribution >= 4 is 6.09 Å². The molecule has 1 aliphatic heterocycles. The van der Waals surface area contributed by atoms with Gasteiger partial charge in [0, 0.05) is 11.6 Å². The van der Waals surface area contributed by atoms with Crippen molar-refractivity contribution in [2.24, 2.45) is 0 Å². The van der Waals surface area contributed by atoms with Gasteiger partial charge in [-0.1, -0.05) is 67.9 Å². The fourth-order valence-corrected chi connectivity index (χ4v) is 4.92. The highest BCUT2D eigenvalue weighted by molar-refractivity contribution is 5.76. The summed E-state index contributed by atoms with van der Waals surface area (Å²) in [7, 11) is 1.55. The molecular formula is C30H34FNO3. The predicted octanol–water partition coefficient (Wildman–Crippen LogP) is 7.28. The average Bonchev–Trinajstić information content (AvgIpc) is 3.02. The van der Waals surface area contributed by atoms with Gasteiger partial charge in [0.25, 0.3) is 0 Å². The first-order valence-corrected chi connectivity index (χ1v) is 12.1. The highest BCUT2D eigenvalue weighted by atomic mass is 19.1. The summed E-state index contributed by atoms with van der Waals surface area (Å²) in [6.45, 7) is 10.3. The number of carbonyl (C=O) groups is 1. The van der Waals surface area contributed by atoms with Crippen LogP contribution in [0.4, 0.5) is 9.18 Å². The van der Waals surface area contributed by atoms with E-state index in [2.05, 4.69) is 18.2 Å². The van der Waals surface area contributed by atoms with Gasteiger partial charge < -0.3 is 9.47 Å². The molecule has 0 aliphatic carbocycles. The number of amides is 1. The van der Waals surface area contributed by atoms with E-state index in [9.17, 15) is 9.18 Å². The summed E-state index contributed by atoms with van der Waals surface area (Å²) in [6, 6.07) is 19.5. The molecular weight excluding hydrogens is 441 g/mol. The Morgan fingerprint density at radius 1 is 1.06 bits per heavy atom. The van der Waals surface area contributed by atoms with E-state index in [0.717, 1.165) is 27.8 Å². The largest absolute Gasteiger partial charge is 0.496 e. The molecule has 1 saturated heterocycles. The minimum atomic E-state index is -0.630. The molecule has 5 heteroatoms. The van der Waals surface area contributed by atoms with E-state index in [0.29, 0.717) is 24.3 Å². The van der Waals surface area contributed by atoms with Crippen LogP contribution in [0.2, 0.25) is 0 Å². The number of methoxy groups -OCH3 is 1. The fourth-order valence-electron chi connectivity index (χ4n) is 4.92. The van der Waals surface area contributed by atoms with Gasteiger partial charge in [-0.05, 0) is 61.4 Å². The Morgan fingerprint density at radius 2 is 1.77 bits per heavy atom. The number of halogens is 1. The maximum Gasteiger partial charge on any atom is 0.411 e. The molecule has 0 bridgehead atoms. The summed E-state index contributed by atoms with van der Waals surface area (Å²) >= 11 is 0. The summed E-state index contributed by atoms with van der Waals surface area (Å²) in [4.78, 5) is 14.9. The van der Waals surface area contributed by atoms with Crippen LogP contribution in [0.15, 0.2) is 60.7 Å². The van der Waals surface area contributed by atoms with Gasteiger partial charge >= 0.3 is 6.09 Å². The number of hydrogen-bond donors (Lipinski definition) is 0. The lowest BCUT2D eigenvalue weighted by Gasteiger charge is -2.30. The maximum atomic E-state index is 14.7. The zero-order valence-electron chi connectivity index (χ0n) is 21.4. The smallest absolute Gasteiger partial charge is 0.411 e. The molecule has 0 spiro atoms. The summed E-state index contributed by atoms with van der Waals surface area (Å²) in [5.41, 5.74) is 4.95. The zero-order chi connectivity index (χ0) is 25.3. The van der Waals surface area contributed by atoms with Crippen LogP contribution in [0, 0.1) is 12.7 Å². The lowest BCUT2D eigenvalue weighted by Crippen LogP contribution is -2.43. The van der Waals surface area contributed by atoms with Crippen molar-refractivity contribution in [3.63, 3.8) is 0 Å². The quantitative estimate of drug-likeness (QED) is 0.361. The second kappa shape index (κ2) is 9.73. The molecule has 184 valence electrons. The minimum absolute atomic E-state index is 0.0261. The molecule has 35 heavy (non-hydrogen) atoms. The standard InChI is InChI=1S/C30H34FNO3/c1-19(2)24-16-25(27(34-6)17-26(24)31)23-13-12-20(3)14-22(23)18-32-28(30(4,5)35-29(32)33)15-21-10-8-7-9-11-21/h7-14,16-17,19,28H,15,18H2,1-6H3/t28-/m0/s1. The Bertz CT molecular complexity index is 1220. The van der Waals surface area contributed by atoms with E-state index in [1.165, 1.54) is 6.07 Å². The van der Waals surface area contributed by atoms with Crippen molar-refractivity contribution < 1.29 is 18.7 Å². The minimum Gasteiger partial charge on any atom is -0.496 e. The van der Waals surface area contributed by atoms with Crippen LogP contribution in [-0.4, -0.2) is 29.7 Å². The van der Waals surface area contributed by atoms with Crippen molar-refractivity contribution in [3.05, 3.63) is 88.7 Å². The highest BCUT2D eigenvalue weighted by Gasteiger charge is 2.47. The molecule has 0 radical (unpaired) electrons. The van der Waals surface area contributed by atoms with E-state index in [-0.39, 0.29) is 23.9 Å². The van der Waals surface area contributed by atoms with E-state index in [1.807, 2.05) is 75.9 Å².